The lowest BCUT2D eigenvalue weighted by Crippen LogP contribution is -2.19. The van der Waals surface area contributed by atoms with Crippen molar-refractivity contribution < 1.29 is 9.15 Å². The summed E-state index contributed by atoms with van der Waals surface area (Å²) in [5, 5.41) is 3.37. The van der Waals surface area contributed by atoms with Gasteiger partial charge in [-0.2, -0.15) is 0 Å². The van der Waals surface area contributed by atoms with Crippen molar-refractivity contribution in [3.05, 3.63) is 36.4 Å². The Morgan fingerprint density at radius 1 is 1.29 bits per heavy atom. The molecular formula is C17H24N2O2. The number of oxazole rings is 1. The van der Waals surface area contributed by atoms with E-state index in [2.05, 4.69) is 31.1 Å². The summed E-state index contributed by atoms with van der Waals surface area (Å²) in [6.45, 7) is 7.98. The van der Waals surface area contributed by atoms with Crippen LogP contribution in [0.1, 0.15) is 45.5 Å². The van der Waals surface area contributed by atoms with Crippen molar-refractivity contribution in [3.8, 4) is 17.1 Å². The van der Waals surface area contributed by atoms with Crippen LogP contribution in [0.2, 0.25) is 0 Å². The molecule has 0 aliphatic carbocycles. The first-order valence-electron chi connectivity index (χ1n) is 7.67. The maximum atomic E-state index is 5.86. The molecule has 1 aromatic carbocycles. The molecule has 1 N–H and O–H groups in total. The lowest BCUT2D eigenvalue weighted by Gasteiger charge is -2.08. The molecule has 114 valence electrons. The summed E-state index contributed by atoms with van der Waals surface area (Å²) in [7, 11) is 0. The van der Waals surface area contributed by atoms with Crippen LogP contribution < -0.4 is 10.1 Å². The number of nitrogens with one attached hydrogen (secondary N) is 1. The number of rotatable bonds is 8. The zero-order chi connectivity index (χ0) is 15.1. The second-order valence-electron chi connectivity index (χ2n) is 5.11. The highest BCUT2D eigenvalue weighted by Gasteiger charge is 2.12. The van der Waals surface area contributed by atoms with Crippen molar-refractivity contribution in [2.45, 2.75) is 39.7 Å². The van der Waals surface area contributed by atoms with Gasteiger partial charge < -0.3 is 14.5 Å². The first-order chi connectivity index (χ1) is 10.2. The van der Waals surface area contributed by atoms with Gasteiger partial charge in [-0.15, -0.1) is 0 Å². The molecule has 2 rings (SSSR count). The zero-order valence-electron chi connectivity index (χ0n) is 13.1. The SMILES string of the molecule is CCCNC(C)c1ncc(-c2cccc(OCCC)c2)o1. The zero-order valence-corrected chi connectivity index (χ0v) is 13.1. The molecular weight excluding hydrogens is 264 g/mol. The maximum Gasteiger partial charge on any atom is 0.211 e. The van der Waals surface area contributed by atoms with E-state index >= 15 is 0 Å². The van der Waals surface area contributed by atoms with Crippen molar-refractivity contribution in [3.63, 3.8) is 0 Å². The highest BCUT2D eigenvalue weighted by Crippen LogP contribution is 2.26. The minimum atomic E-state index is 0.123. The molecule has 0 amide bonds. The van der Waals surface area contributed by atoms with Crippen LogP contribution in [-0.2, 0) is 0 Å². The van der Waals surface area contributed by atoms with E-state index in [-0.39, 0.29) is 6.04 Å². The van der Waals surface area contributed by atoms with E-state index in [0.29, 0.717) is 0 Å². The second-order valence-corrected chi connectivity index (χ2v) is 5.11. The van der Waals surface area contributed by atoms with Crippen molar-refractivity contribution in [2.75, 3.05) is 13.2 Å². The fourth-order valence-electron chi connectivity index (χ4n) is 2.03. The van der Waals surface area contributed by atoms with Crippen LogP contribution in [0.25, 0.3) is 11.3 Å². The first-order valence-corrected chi connectivity index (χ1v) is 7.67. The van der Waals surface area contributed by atoms with Gasteiger partial charge in [0.2, 0.25) is 5.89 Å². The predicted molar refractivity (Wildman–Crippen MR) is 84.4 cm³/mol. The third-order valence-corrected chi connectivity index (χ3v) is 3.19. The third-order valence-electron chi connectivity index (χ3n) is 3.19. The second kappa shape index (κ2) is 7.84. The van der Waals surface area contributed by atoms with E-state index in [4.69, 9.17) is 9.15 Å². The molecule has 0 aliphatic rings. The van der Waals surface area contributed by atoms with Gasteiger partial charge in [0.15, 0.2) is 5.76 Å². The normalized spacial score (nSPS) is 12.3. The van der Waals surface area contributed by atoms with E-state index in [1.54, 1.807) is 6.20 Å². The summed E-state index contributed by atoms with van der Waals surface area (Å²) in [5.74, 6) is 2.36. The summed E-state index contributed by atoms with van der Waals surface area (Å²) < 4.78 is 11.5. The van der Waals surface area contributed by atoms with Gasteiger partial charge in [-0.3, -0.25) is 0 Å². The van der Waals surface area contributed by atoms with E-state index < -0.39 is 0 Å². The first kappa shape index (κ1) is 15.6. The van der Waals surface area contributed by atoms with Crippen molar-refractivity contribution in [2.24, 2.45) is 0 Å². The standard InChI is InChI=1S/C17H24N2O2/c1-4-9-18-13(3)17-19-12-16(21-17)14-7-6-8-15(11-14)20-10-5-2/h6-8,11-13,18H,4-5,9-10H2,1-3H3. The van der Waals surface area contributed by atoms with Crippen LogP contribution in [0.5, 0.6) is 5.75 Å². The highest BCUT2D eigenvalue weighted by atomic mass is 16.5. The number of hydrogen-bond donors (Lipinski definition) is 1. The summed E-state index contributed by atoms with van der Waals surface area (Å²) in [4.78, 5) is 4.37. The van der Waals surface area contributed by atoms with Gasteiger partial charge in [-0.1, -0.05) is 26.0 Å². The van der Waals surface area contributed by atoms with Gasteiger partial charge in [-0.05, 0) is 38.4 Å². The summed E-state index contributed by atoms with van der Waals surface area (Å²) in [6, 6.07) is 8.05. The monoisotopic (exact) mass is 288 g/mol. The molecule has 0 fully saturated rings. The molecule has 1 unspecified atom stereocenters. The number of ether oxygens (including phenoxy) is 1. The lowest BCUT2D eigenvalue weighted by atomic mass is 10.2. The van der Waals surface area contributed by atoms with E-state index in [9.17, 15) is 0 Å². The summed E-state index contributed by atoms with van der Waals surface area (Å²) >= 11 is 0. The van der Waals surface area contributed by atoms with Gasteiger partial charge in [0.05, 0.1) is 18.8 Å². The third kappa shape index (κ3) is 4.33. The molecule has 0 saturated carbocycles. The number of benzene rings is 1. The minimum Gasteiger partial charge on any atom is -0.494 e. The van der Waals surface area contributed by atoms with E-state index in [1.807, 2.05) is 24.3 Å². The molecule has 1 heterocycles. The molecule has 4 nitrogen and oxygen atoms in total. The Hall–Kier alpha value is -1.81. The molecule has 0 spiro atoms. The van der Waals surface area contributed by atoms with Crippen LogP contribution in [-0.4, -0.2) is 18.1 Å². The largest absolute Gasteiger partial charge is 0.494 e. The quantitative estimate of drug-likeness (QED) is 0.791. The summed E-state index contributed by atoms with van der Waals surface area (Å²) in [6.07, 6.45) is 3.87. The Labute approximate surface area is 126 Å². The maximum absolute atomic E-state index is 5.86. The number of hydrogen-bond acceptors (Lipinski definition) is 4. The van der Waals surface area contributed by atoms with Crippen LogP contribution in [0.15, 0.2) is 34.9 Å². The van der Waals surface area contributed by atoms with Crippen molar-refractivity contribution in [1.29, 1.82) is 0 Å². The van der Waals surface area contributed by atoms with Gasteiger partial charge in [0.25, 0.3) is 0 Å². The summed E-state index contributed by atoms with van der Waals surface area (Å²) in [5.41, 5.74) is 0.991. The van der Waals surface area contributed by atoms with Crippen LogP contribution in [0.3, 0.4) is 0 Å². The topological polar surface area (TPSA) is 47.3 Å². The van der Waals surface area contributed by atoms with Crippen molar-refractivity contribution in [1.82, 2.24) is 10.3 Å². The smallest absolute Gasteiger partial charge is 0.211 e. The highest BCUT2D eigenvalue weighted by molar-refractivity contribution is 5.58. The average molecular weight is 288 g/mol. The fourth-order valence-corrected chi connectivity index (χ4v) is 2.03. The minimum absolute atomic E-state index is 0.123. The van der Waals surface area contributed by atoms with E-state index in [0.717, 1.165) is 49.0 Å². The molecule has 21 heavy (non-hydrogen) atoms. The fraction of sp³-hybridized carbons (Fsp3) is 0.471. The van der Waals surface area contributed by atoms with Gasteiger partial charge >= 0.3 is 0 Å². The van der Waals surface area contributed by atoms with Crippen LogP contribution in [0.4, 0.5) is 0 Å². The Morgan fingerprint density at radius 3 is 2.90 bits per heavy atom. The number of aromatic nitrogens is 1. The van der Waals surface area contributed by atoms with Gasteiger partial charge in [-0.25, -0.2) is 4.98 Å². The Morgan fingerprint density at radius 2 is 2.14 bits per heavy atom. The van der Waals surface area contributed by atoms with Crippen molar-refractivity contribution >= 4 is 0 Å². The average Bonchev–Trinajstić information content (AvgIpc) is 3.01. The Bertz CT molecular complexity index is 551. The lowest BCUT2D eigenvalue weighted by molar-refractivity contribution is 0.317. The molecule has 4 heteroatoms. The van der Waals surface area contributed by atoms with Gasteiger partial charge in [0, 0.05) is 5.56 Å². The molecule has 0 bridgehead atoms. The molecule has 0 aliphatic heterocycles. The Kier molecular flexibility index (Phi) is 5.81. The van der Waals surface area contributed by atoms with Gasteiger partial charge in [0.1, 0.15) is 5.75 Å². The molecule has 1 atom stereocenters. The van der Waals surface area contributed by atoms with Crippen LogP contribution in [0, 0.1) is 0 Å². The molecule has 2 aromatic rings. The molecule has 0 radical (unpaired) electrons. The van der Waals surface area contributed by atoms with Crippen LogP contribution >= 0.6 is 0 Å². The van der Waals surface area contributed by atoms with E-state index in [1.165, 1.54) is 0 Å². The predicted octanol–water partition coefficient (Wildman–Crippen LogP) is 4.19. The molecule has 1 aromatic heterocycles. The molecule has 0 saturated heterocycles. The Balaban J connectivity index is 2.10. The number of nitrogens with zero attached hydrogens (tertiary/aromatic N) is 1.